The zero-order valence-electron chi connectivity index (χ0n) is 17.6. The monoisotopic (exact) mass is 457 g/mol. The number of piperidine rings is 1. The van der Waals surface area contributed by atoms with E-state index >= 15 is 0 Å². The molecule has 0 bridgehead atoms. The smallest absolute Gasteiger partial charge is 0.252 e. The SMILES string of the molecule is C[C@H]1CCCCN1S(=O)(=O)c1ccc2[nH]c(=O)cc(C(=O)NCc3ccc(F)cc3)c2c1. The Hall–Kier alpha value is -3.04. The molecule has 1 aliphatic rings. The fraction of sp³-hybridized carbons (Fsp3) is 0.304. The Morgan fingerprint density at radius 3 is 2.62 bits per heavy atom. The van der Waals surface area contributed by atoms with E-state index in [1.54, 1.807) is 12.1 Å². The van der Waals surface area contributed by atoms with Crippen LogP contribution in [0.4, 0.5) is 4.39 Å². The number of benzene rings is 2. The zero-order chi connectivity index (χ0) is 22.9. The lowest BCUT2D eigenvalue weighted by molar-refractivity contribution is 0.0952. The molecule has 2 N–H and O–H groups in total. The maximum atomic E-state index is 13.3. The summed E-state index contributed by atoms with van der Waals surface area (Å²) >= 11 is 0. The van der Waals surface area contributed by atoms with Gasteiger partial charge in [-0.1, -0.05) is 18.6 Å². The summed E-state index contributed by atoms with van der Waals surface area (Å²) in [5, 5.41) is 3.05. The van der Waals surface area contributed by atoms with E-state index in [0.717, 1.165) is 25.3 Å². The minimum absolute atomic E-state index is 0.0783. The van der Waals surface area contributed by atoms with Crippen molar-refractivity contribution in [2.24, 2.45) is 0 Å². The van der Waals surface area contributed by atoms with Gasteiger partial charge < -0.3 is 10.3 Å². The zero-order valence-corrected chi connectivity index (χ0v) is 18.4. The number of hydrogen-bond donors (Lipinski definition) is 2. The van der Waals surface area contributed by atoms with Crippen molar-refractivity contribution < 1.29 is 17.6 Å². The molecule has 1 aromatic heterocycles. The van der Waals surface area contributed by atoms with E-state index in [9.17, 15) is 22.4 Å². The summed E-state index contributed by atoms with van der Waals surface area (Å²) in [6, 6.07) is 11.2. The molecular weight excluding hydrogens is 433 g/mol. The van der Waals surface area contributed by atoms with Crippen LogP contribution in [-0.2, 0) is 16.6 Å². The summed E-state index contributed by atoms with van der Waals surface area (Å²) in [6.07, 6.45) is 2.60. The van der Waals surface area contributed by atoms with Crippen molar-refractivity contribution >= 4 is 26.8 Å². The number of fused-ring (bicyclic) bond motifs is 1. The number of carbonyl (C=O) groups excluding carboxylic acids is 1. The number of carbonyl (C=O) groups is 1. The lowest BCUT2D eigenvalue weighted by Crippen LogP contribution is -2.41. The molecule has 0 aliphatic carbocycles. The van der Waals surface area contributed by atoms with Crippen molar-refractivity contribution in [1.29, 1.82) is 0 Å². The Labute approximate surface area is 185 Å². The Kier molecular flexibility index (Phi) is 6.12. The van der Waals surface area contributed by atoms with Gasteiger partial charge in [0.15, 0.2) is 0 Å². The summed E-state index contributed by atoms with van der Waals surface area (Å²) in [7, 11) is -3.74. The predicted molar refractivity (Wildman–Crippen MR) is 119 cm³/mol. The molecule has 4 rings (SSSR count). The van der Waals surface area contributed by atoms with Crippen LogP contribution in [0.15, 0.2) is 58.2 Å². The van der Waals surface area contributed by atoms with Crippen molar-refractivity contribution in [2.75, 3.05) is 6.54 Å². The van der Waals surface area contributed by atoms with E-state index in [1.807, 2.05) is 6.92 Å². The first-order valence-electron chi connectivity index (χ1n) is 10.5. The number of pyridine rings is 1. The molecule has 1 atom stereocenters. The van der Waals surface area contributed by atoms with E-state index < -0.39 is 21.5 Å². The van der Waals surface area contributed by atoms with Gasteiger partial charge in [0.1, 0.15) is 5.82 Å². The summed E-state index contributed by atoms with van der Waals surface area (Å²) in [6.45, 7) is 2.48. The van der Waals surface area contributed by atoms with Gasteiger partial charge in [-0.3, -0.25) is 9.59 Å². The highest BCUT2D eigenvalue weighted by Crippen LogP contribution is 2.27. The number of H-pyrrole nitrogens is 1. The molecule has 3 aromatic rings. The van der Waals surface area contributed by atoms with Gasteiger partial charge in [0.25, 0.3) is 5.91 Å². The molecule has 9 heteroatoms. The first-order valence-corrected chi connectivity index (χ1v) is 11.9. The highest BCUT2D eigenvalue weighted by atomic mass is 32.2. The van der Waals surface area contributed by atoms with Gasteiger partial charge in [-0.15, -0.1) is 0 Å². The highest BCUT2D eigenvalue weighted by Gasteiger charge is 2.31. The van der Waals surface area contributed by atoms with Crippen molar-refractivity contribution in [2.45, 2.75) is 43.7 Å². The van der Waals surface area contributed by atoms with Gasteiger partial charge >= 0.3 is 0 Å². The lowest BCUT2D eigenvalue weighted by atomic mass is 10.1. The Morgan fingerprint density at radius 1 is 1.16 bits per heavy atom. The average Bonchev–Trinajstić information content (AvgIpc) is 2.77. The van der Waals surface area contributed by atoms with Crippen molar-refractivity contribution in [1.82, 2.24) is 14.6 Å². The van der Waals surface area contributed by atoms with Gasteiger partial charge in [0, 0.05) is 36.1 Å². The number of nitrogens with one attached hydrogen (secondary N) is 2. The van der Waals surface area contributed by atoms with Crippen LogP contribution >= 0.6 is 0 Å². The Bertz CT molecular complexity index is 1320. The average molecular weight is 458 g/mol. The second kappa shape index (κ2) is 8.84. The molecule has 7 nitrogen and oxygen atoms in total. The Balaban J connectivity index is 1.68. The van der Waals surface area contributed by atoms with Crippen LogP contribution < -0.4 is 10.9 Å². The number of amides is 1. The molecule has 1 amide bonds. The molecule has 1 saturated heterocycles. The number of aromatic amines is 1. The maximum Gasteiger partial charge on any atom is 0.252 e. The molecule has 1 aliphatic heterocycles. The number of hydrogen-bond acceptors (Lipinski definition) is 4. The van der Waals surface area contributed by atoms with Crippen molar-refractivity contribution in [3.63, 3.8) is 0 Å². The van der Waals surface area contributed by atoms with E-state index in [4.69, 9.17) is 0 Å². The van der Waals surface area contributed by atoms with E-state index in [0.29, 0.717) is 23.0 Å². The molecular formula is C23H24FN3O4S. The van der Waals surface area contributed by atoms with Crippen LogP contribution in [0.5, 0.6) is 0 Å². The third kappa shape index (κ3) is 4.44. The van der Waals surface area contributed by atoms with Crippen molar-refractivity contribution in [3.05, 3.63) is 75.8 Å². The number of sulfonamides is 1. The fourth-order valence-corrected chi connectivity index (χ4v) is 5.75. The van der Waals surface area contributed by atoms with Gasteiger partial charge in [-0.2, -0.15) is 4.31 Å². The van der Waals surface area contributed by atoms with Crippen molar-refractivity contribution in [3.8, 4) is 0 Å². The summed E-state index contributed by atoms with van der Waals surface area (Å²) in [5.41, 5.74) is 0.672. The van der Waals surface area contributed by atoms with E-state index in [1.165, 1.54) is 34.6 Å². The topological polar surface area (TPSA) is 99.3 Å². The lowest BCUT2D eigenvalue weighted by Gasteiger charge is -2.32. The molecule has 32 heavy (non-hydrogen) atoms. The normalized spacial score (nSPS) is 17.4. The molecule has 168 valence electrons. The minimum Gasteiger partial charge on any atom is -0.348 e. The number of nitrogens with zero attached hydrogens (tertiary/aromatic N) is 1. The molecule has 0 radical (unpaired) electrons. The molecule has 1 fully saturated rings. The first-order chi connectivity index (χ1) is 15.3. The van der Waals surface area contributed by atoms with Gasteiger partial charge in [-0.05, 0) is 55.7 Å². The third-order valence-corrected chi connectivity index (χ3v) is 7.78. The van der Waals surface area contributed by atoms with Crippen LogP contribution in [0, 0.1) is 5.82 Å². The van der Waals surface area contributed by atoms with Gasteiger partial charge in [0.2, 0.25) is 15.6 Å². The molecule has 2 aromatic carbocycles. The van der Waals surface area contributed by atoms with Crippen LogP contribution in [0.1, 0.15) is 42.1 Å². The predicted octanol–water partition coefficient (Wildman–Crippen LogP) is 3.16. The third-order valence-electron chi connectivity index (χ3n) is 5.77. The largest absolute Gasteiger partial charge is 0.348 e. The number of rotatable bonds is 5. The minimum atomic E-state index is -3.74. The van der Waals surface area contributed by atoms with Crippen LogP contribution in [0.2, 0.25) is 0 Å². The van der Waals surface area contributed by atoms with Crippen LogP contribution in [-0.4, -0.2) is 36.2 Å². The van der Waals surface area contributed by atoms with E-state index in [2.05, 4.69) is 10.3 Å². The summed E-state index contributed by atoms with van der Waals surface area (Å²) in [4.78, 5) is 27.7. The number of halogens is 1. The van der Waals surface area contributed by atoms with Crippen LogP contribution in [0.25, 0.3) is 10.9 Å². The molecule has 0 saturated carbocycles. The second-order valence-electron chi connectivity index (χ2n) is 8.02. The molecule has 0 unspecified atom stereocenters. The maximum absolute atomic E-state index is 13.3. The number of aromatic nitrogens is 1. The van der Waals surface area contributed by atoms with Gasteiger partial charge in [-0.25, -0.2) is 12.8 Å². The standard InChI is InChI=1S/C23H24FN3O4S/c1-15-4-2-3-11-27(15)32(30,31)18-9-10-21-19(12-18)20(13-22(28)26-21)23(29)25-14-16-5-7-17(24)8-6-16/h5-10,12-13,15H,2-4,11,14H2,1H3,(H,25,29)(H,26,28)/t15-/m0/s1. The first kappa shape index (κ1) is 22.2. The second-order valence-corrected chi connectivity index (χ2v) is 9.91. The molecule has 2 heterocycles. The summed E-state index contributed by atoms with van der Waals surface area (Å²) < 4.78 is 41.1. The van der Waals surface area contributed by atoms with E-state index in [-0.39, 0.29) is 28.9 Å². The quantitative estimate of drug-likeness (QED) is 0.615. The Morgan fingerprint density at radius 2 is 1.91 bits per heavy atom. The highest BCUT2D eigenvalue weighted by molar-refractivity contribution is 7.89. The molecule has 0 spiro atoms. The van der Waals surface area contributed by atoms with Crippen LogP contribution in [0.3, 0.4) is 0 Å². The summed E-state index contributed by atoms with van der Waals surface area (Å²) in [5.74, 6) is -0.899. The van der Waals surface area contributed by atoms with Gasteiger partial charge in [0.05, 0.1) is 10.5 Å². The fourth-order valence-electron chi connectivity index (χ4n) is 4.03.